The molecular weight excluding hydrogens is 232 g/mol. The molecule has 0 fully saturated rings. The van der Waals surface area contributed by atoms with Crippen molar-refractivity contribution in [3.8, 4) is 0 Å². The number of hydrogen-bond acceptors (Lipinski definition) is 4. The van der Waals surface area contributed by atoms with Gasteiger partial charge in [0.2, 0.25) is 0 Å². The first kappa shape index (κ1) is 12.3. The van der Waals surface area contributed by atoms with Gasteiger partial charge in [0.05, 0.1) is 16.7 Å². The van der Waals surface area contributed by atoms with Crippen molar-refractivity contribution in [3.05, 3.63) is 39.7 Å². The summed E-state index contributed by atoms with van der Waals surface area (Å²) in [6.45, 7) is 7.04. The molecule has 1 N–H and O–H groups in total. The van der Waals surface area contributed by atoms with E-state index in [0.29, 0.717) is 0 Å². The van der Waals surface area contributed by atoms with Gasteiger partial charge < -0.3 is 9.73 Å². The monoisotopic (exact) mass is 250 g/mol. The third kappa shape index (κ3) is 3.41. The summed E-state index contributed by atoms with van der Waals surface area (Å²) in [5.74, 6) is 1.96. The molecule has 3 nitrogen and oxygen atoms in total. The molecule has 2 aromatic rings. The van der Waals surface area contributed by atoms with Gasteiger partial charge in [-0.1, -0.05) is 0 Å². The van der Waals surface area contributed by atoms with Crippen molar-refractivity contribution in [1.29, 1.82) is 0 Å². The highest BCUT2D eigenvalue weighted by atomic mass is 32.1. The van der Waals surface area contributed by atoms with E-state index in [1.54, 1.807) is 11.3 Å². The molecule has 0 amide bonds. The summed E-state index contributed by atoms with van der Waals surface area (Å²) in [4.78, 5) is 4.44. The molecule has 0 aliphatic heterocycles. The van der Waals surface area contributed by atoms with Crippen molar-refractivity contribution in [1.82, 2.24) is 10.3 Å². The van der Waals surface area contributed by atoms with Gasteiger partial charge in [0, 0.05) is 18.3 Å². The molecule has 2 rings (SSSR count). The topological polar surface area (TPSA) is 38.1 Å². The summed E-state index contributed by atoms with van der Waals surface area (Å²) in [6.07, 6.45) is 0.967. The van der Waals surface area contributed by atoms with E-state index in [1.807, 2.05) is 26.0 Å². The van der Waals surface area contributed by atoms with Gasteiger partial charge in [-0.25, -0.2) is 4.98 Å². The number of hydrogen-bond donors (Lipinski definition) is 1. The largest absolute Gasteiger partial charge is 0.465 e. The quantitative estimate of drug-likeness (QED) is 0.885. The Morgan fingerprint density at radius 1 is 1.41 bits per heavy atom. The molecular formula is C13H18N2OS. The molecule has 1 unspecified atom stereocenters. The molecule has 92 valence electrons. The third-order valence-corrected chi connectivity index (χ3v) is 3.51. The van der Waals surface area contributed by atoms with Crippen LogP contribution in [-0.4, -0.2) is 11.5 Å². The number of furan rings is 1. The maximum Gasteiger partial charge on any atom is 0.120 e. The van der Waals surface area contributed by atoms with Crippen LogP contribution in [0.2, 0.25) is 0 Å². The molecule has 0 aliphatic rings. The van der Waals surface area contributed by atoms with Crippen LogP contribution in [0.15, 0.2) is 21.9 Å². The molecule has 4 heteroatoms. The molecule has 0 bridgehead atoms. The zero-order chi connectivity index (χ0) is 12.3. The number of aromatic nitrogens is 1. The predicted octanol–water partition coefficient (Wildman–Crippen LogP) is 3.25. The minimum Gasteiger partial charge on any atom is -0.465 e. The Balaban J connectivity index is 1.78. The molecule has 0 radical (unpaired) electrons. The van der Waals surface area contributed by atoms with Gasteiger partial charge in [-0.3, -0.25) is 0 Å². The van der Waals surface area contributed by atoms with Gasteiger partial charge in [0.15, 0.2) is 0 Å². The van der Waals surface area contributed by atoms with Gasteiger partial charge >= 0.3 is 0 Å². The summed E-state index contributed by atoms with van der Waals surface area (Å²) in [5.41, 5.74) is 1.17. The molecule has 0 aromatic carbocycles. The second-order valence-electron chi connectivity index (χ2n) is 4.23. The van der Waals surface area contributed by atoms with Crippen molar-refractivity contribution in [3.63, 3.8) is 0 Å². The molecule has 0 saturated carbocycles. The second kappa shape index (κ2) is 5.47. The van der Waals surface area contributed by atoms with E-state index in [9.17, 15) is 0 Å². The van der Waals surface area contributed by atoms with Crippen molar-refractivity contribution in [2.75, 3.05) is 6.54 Å². The molecule has 0 spiro atoms. The average Bonchev–Trinajstić information content (AvgIpc) is 2.88. The van der Waals surface area contributed by atoms with Gasteiger partial charge in [-0.2, -0.15) is 0 Å². The van der Waals surface area contributed by atoms with Gasteiger partial charge in [-0.05, 0) is 32.9 Å². The molecule has 17 heavy (non-hydrogen) atoms. The van der Waals surface area contributed by atoms with Crippen LogP contribution >= 0.6 is 11.3 Å². The zero-order valence-corrected chi connectivity index (χ0v) is 11.3. The van der Waals surface area contributed by atoms with Gasteiger partial charge in [0.1, 0.15) is 11.5 Å². The lowest BCUT2D eigenvalue weighted by molar-refractivity contribution is 0.417. The second-order valence-corrected chi connectivity index (χ2v) is 5.29. The van der Waals surface area contributed by atoms with E-state index in [4.69, 9.17) is 4.42 Å². The molecule has 2 aromatic heterocycles. The number of nitrogens with one attached hydrogen (secondary N) is 1. The minimum absolute atomic E-state index is 0.253. The van der Waals surface area contributed by atoms with E-state index in [-0.39, 0.29) is 6.04 Å². The third-order valence-electron chi connectivity index (χ3n) is 2.69. The fourth-order valence-electron chi connectivity index (χ4n) is 1.73. The molecule has 0 aliphatic carbocycles. The van der Waals surface area contributed by atoms with E-state index in [1.165, 1.54) is 5.69 Å². The highest BCUT2D eigenvalue weighted by Crippen LogP contribution is 2.15. The Kier molecular flexibility index (Phi) is 3.97. The van der Waals surface area contributed by atoms with Crippen LogP contribution in [0.5, 0.6) is 0 Å². The Hall–Kier alpha value is -1.13. The van der Waals surface area contributed by atoms with Crippen molar-refractivity contribution >= 4 is 11.3 Å². The van der Waals surface area contributed by atoms with Crippen LogP contribution < -0.4 is 5.32 Å². The van der Waals surface area contributed by atoms with Crippen molar-refractivity contribution < 1.29 is 4.42 Å². The lowest BCUT2D eigenvalue weighted by Gasteiger charge is -2.10. The van der Waals surface area contributed by atoms with Crippen molar-refractivity contribution in [2.45, 2.75) is 33.2 Å². The fourth-order valence-corrected chi connectivity index (χ4v) is 2.37. The first-order valence-electron chi connectivity index (χ1n) is 5.86. The Morgan fingerprint density at radius 2 is 2.24 bits per heavy atom. The van der Waals surface area contributed by atoms with Crippen LogP contribution in [0.4, 0.5) is 0 Å². The summed E-state index contributed by atoms with van der Waals surface area (Å²) >= 11 is 1.71. The van der Waals surface area contributed by atoms with E-state index < -0.39 is 0 Å². The highest BCUT2D eigenvalue weighted by Gasteiger charge is 2.08. The number of rotatable bonds is 5. The average molecular weight is 250 g/mol. The minimum atomic E-state index is 0.253. The predicted molar refractivity (Wildman–Crippen MR) is 70.4 cm³/mol. The summed E-state index contributed by atoms with van der Waals surface area (Å²) < 4.78 is 5.58. The Labute approximate surface area is 106 Å². The number of aryl methyl sites for hydroxylation is 2. The maximum atomic E-state index is 5.58. The Morgan fingerprint density at radius 3 is 2.82 bits per heavy atom. The smallest absolute Gasteiger partial charge is 0.120 e. The molecule has 0 saturated heterocycles. The van der Waals surface area contributed by atoms with Gasteiger partial charge in [-0.15, -0.1) is 11.3 Å². The Bertz CT molecular complexity index is 475. The SMILES string of the molecule is Cc1ccc(C(C)NCCc2csc(C)n2)o1. The molecule has 1 atom stereocenters. The fraction of sp³-hybridized carbons (Fsp3) is 0.462. The standard InChI is InChI=1S/C13H18N2OS/c1-9-4-5-13(16-9)10(2)14-7-6-12-8-17-11(3)15-12/h4-5,8,10,14H,6-7H2,1-3H3. The van der Waals surface area contributed by atoms with E-state index in [0.717, 1.165) is 29.5 Å². The number of thiazole rings is 1. The first-order chi connectivity index (χ1) is 8.15. The lowest BCUT2D eigenvalue weighted by Crippen LogP contribution is -2.21. The van der Waals surface area contributed by atoms with E-state index in [2.05, 4.69) is 22.6 Å². The maximum absolute atomic E-state index is 5.58. The van der Waals surface area contributed by atoms with Crippen LogP contribution in [0.1, 0.15) is 35.2 Å². The lowest BCUT2D eigenvalue weighted by atomic mass is 10.2. The van der Waals surface area contributed by atoms with Crippen LogP contribution in [0.25, 0.3) is 0 Å². The molecule has 2 heterocycles. The first-order valence-corrected chi connectivity index (χ1v) is 6.74. The van der Waals surface area contributed by atoms with Crippen molar-refractivity contribution in [2.24, 2.45) is 0 Å². The van der Waals surface area contributed by atoms with Crippen LogP contribution in [0.3, 0.4) is 0 Å². The number of nitrogens with zero attached hydrogens (tertiary/aromatic N) is 1. The van der Waals surface area contributed by atoms with Gasteiger partial charge in [0.25, 0.3) is 0 Å². The highest BCUT2D eigenvalue weighted by molar-refractivity contribution is 7.09. The summed E-state index contributed by atoms with van der Waals surface area (Å²) in [5, 5.41) is 6.70. The summed E-state index contributed by atoms with van der Waals surface area (Å²) in [6, 6.07) is 4.28. The normalized spacial score (nSPS) is 12.9. The van der Waals surface area contributed by atoms with Crippen LogP contribution in [-0.2, 0) is 6.42 Å². The zero-order valence-electron chi connectivity index (χ0n) is 10.5. The van der Waals surface area contributed by atoms with Crippen LogP contribution in [0, 0.1) is 13.8 Å². The summed E-state index contributed by atoms with van der Waals surface area (Å²) in [7, 11) is 0. The van der Waals surface area contributed by atoms with E-state index >= 15 is 0 Å².